The summed E-state index contributed by atoms with van der Waals surface area (Å²) in [6.45, 7) is 0. The van der Waals surface area contributed by atoms with Crippen molar-refractivity contribution in [1.82, 2.24) is 5.32 Å². The molecule has 0 aliphatic heterocycles. The third-order valence-electron chi connectivity index (χ3n) is 4.14. The van der Waals surface area contributed by atoms with E-state index in [1.54, 1.807) is 11.8 Å². The molecule has 142 valence electrons. The highest BCUT2D eigenvalue weighted by Crippen LogP contribution is 2.39. The molecule has 0 fully saturated rings. The van der Waals surface area contributed by atoms with Crippen molar-refractivity contribution < 1.29 is 19.1 Å². The van der Waals surface area contributed by atoms with Gasteiger partial charge in [0.25, 0.3) is 5.91 Å². The monoisotopic (exact) mass is 404 g/mol. The van der Waals surface area contributed by atoms with Gasteiger partial charge in [0.05, 0.1) is 12.7 Å². The smallest absolute Gasteiger partial charge is 0.413 e. The first-order valence-corrected chi connectivity index (χ1v) is 10.4. The van der Waals surface area contributed by atoms with Crippen LogP contribution in [0.4, 0.5) is 9.80 Å². The normalized spacial score (nSPS) is 12.3. The van der Waals surface area contributed by atoms with Gasteiger partial charge in [-0.25, -0.2) is 4.79 Å². The Bertz CT molecular complexity index is 849. The summed E-state index contributed by atoms with van der Waals surface area (Å²) in [5.74, 6) is -0.0364. The van der Waals surface area contributed by atoms with Gasteiger partial charge < -0.3 is 10.1 Å². The second kappa shape index (κ2) is 9.05. The van der Waals surface area contributed by atoms with E-state index < -0.39 is 12.0 Å². The minimum absolute atomic E-state index is 0.148. The molecule has 0 saturated heterocycles. The summed E-state index contributed by atoms with van der Waals surface area (Å²) in [7, 11) is 1.20. The van der Waals surface area contributed by atoms with Gasteiger partial charge in [0.2, 0.25) is 5.91 Å². The van der Waals surface area contributed by atoms with Crippen LogP contribution in [0.3, 0.4) is 0 Å². The lowest BCUT2D eigenvalue weighted by Gasteiger charge is -2.08. The van der Waals surface area contributed by atoms with Crippen LogP contribution in [0.1, 0.15) is 33.6 Å². The van der Waals surface area contributed by atoms with Crippen molar-refractivity contribution in [3.8, 4) is 0 Å². The van der Waals surface area contributed by atoms with E-state index in [-0.39, 0.29) is 5.91 Å². The zero-order valence-corrected chi connectivity index (χ0v) is 16.5. The third-order valence-corrected chi connectivity index (χ3v) is 6.36. The van der Waals surface area contributed by atoms with Gasteiger partial charge in [0, 0.05) is 21.9 Å². The summed E-state index contributed by atoms with van der Waals surface area (Å²) in [5, 5.41) is 5.55. The third kappa shape index (κ3) is 4.90. The van der Waals surface area contributed by atoms with E-state index in [0.29, 0.717) is 22.7 Å². The molecule has 2 aromatic rings. The molecule has 3 rings (SSSR count). The molecule has 1 aromatic carbocycles. The topological polar surface area (TPSA) is 84.5 Å². The molecule has 2 N–H and O–H groups in total. The van der Waals surface area contributed by atoms with Crippen molar-refractivity contribution in [1.29, 1.82) is 0 Å². The minimum atomic E-state index is -0.811. The van der Waals surface area contributed by atoms with Crippen molar-refractivity contribution >= 4 is 46.0 Å². The number of nitrogens with one attached hydrogen (secondary N) is 2. The molecular weight excluding hydrogens is 384 g/mol. The quantitative estimate of drug-likeness (QED) is 0.715. The fraction of sp³-hybridized carbons (Fsp3) is 0.316. The van der Waals surface area contributed by atoms with Crippen LogP contribution in [0, 0.1) is 0 Å². The van der Waals surface area contributed by atoms with E-state index in [4.69, 9.17) is 0 Å². The maximum Gasteiger partial charge on any atom is 0.413 e. The number of imide groups is 1. The van der Waals surface area contributed by atoms with Crippen LogP contribution in [0.25, 0.3) is 0 Å². The van der Waals surface area contributed by atoms with Gasteiger partial charge in [-0.2, -0.15) is 0 Å². The van der Waals surface area contributed by atoms with Gasteiger partial charge in [0.1, 0.15) is 5.00 Å². The van der Waals surface area contributed by atoms with E-state index in [0.717, 1.165) is 34.6 Å². The highest BCUT2D eigenvalue weighted by Gasteiger charge is 2.28. The van der Waals surface area contributed by atoms with E-state index in [1.165, 1.54) is 18.4 Å². The van der Waals surface area contributed by atoms with E-state index >= 15 is 0 Å². The van der Waals surface area contributed by atoms with Crippen LogP contribution in [0.2, 0.25) is 0 Å². The molecule has 6 nitrogen and oxygen atoms in total. The second-order valence-electron chi connectivity index (χ2n) is 5.97. The minimum Gasteiger partial charge on any atom is -0.453 e. The Hall–Kier alpha value is -2.32. The lowest BCUT2D eigenvalue weighted by atomic mass is 10.1. The molecular formula is C19H20N2O4S2. The molecule has 27 heavy (non-hydrogen) atoms. The van der Waals surface area contributed by atoms with Crippen LogP contribution in [0.15, 0.2) is 35.2 Å². The number of thiophene rings is 1. The predicted molar refractivity (Wildman–Crippen MR) is 107 cm³/mol. The highest BCUT2D eigenvalue weighted by atomic mass is 32.2. The van der Waals surface area contributed by atoms with Crippen molar-refractivity contribution in [2.45, 2.75) is 30.6 Å². The number of hydrogen-bond acceptors (Lipinski definition) is 6. The molecule has 1 aromatic heterocycles. The van der Waals surface area contributed by atoms with Gasteiger partial charge >= 0.3 is 6.09 Å². The number of amides is 3. The largest absolute Gasteiger partial charge is 0.453 e. The van der Waals surface area contributed by atoms with E-state index in [1.807, 2.05) is 30.3 Å². The number of alkyl carbamates (subject to hydrolysis) is 1. The number of anilines is 1. The van der Waals surface area contributed by atoms with E-state index in [2.05, 4.69) is 15.4 Å². The number of carbonyl (C=O) groups excluding carboxylic acids is 3. The zero-order valence-electron chi connectivity index (χ0n) is 14.9. The van der Waals surface area contributed by atoms with Crippen LogP contribution in [-0.4, -0.2) is 30.8 Å². The number of ether oxygens (including phenoxy) is 1. The Balaban J connectivity index is 1.64. The predicted octanol–water partition coefficient (Wildman–Crippen LogP) is 3.85. The molecule has 0 saturated carbocycles. The molecule has 1 aliphatic rings. The van der Waals surface area contributed by atoms with Gasteiger partial charge in [0.15, 0.2) is 0 Å². The molecule has 0 radical (unpaired) electrons. The molecule has 3 amide bonds. The fourth-order valence-corrected chi connectivity index (χ4v) is 5.08. The van der Waals surface area contributed by atoms with Crippen molar-refractivity contribution in [2.24, 2.45) is 0 Å². The summed E-state index contributed by atoms with van der Waals surface area (Å²) in [5.41, 5.74) is 1.32. The first-order valence-electron chi connectivity index (χ1n) is 8.60. The number of fused-ring (bicyclic) bond motifs is 1. The van der Waals surface area contributed by atoms with Gasteiger partial charge in [-0.1, -0.05) is 18.2 Å². The fourth-order valence-electron chi connectivity index (χ4n) is 2.91. The van der Waals surface area contributed by atoms with E-state index in [9.17, 15) is 14.4 Å². The Kier molecular flexibility index (Phi) is 6.52. The number of methoxy groups -OCH3 is 1. The van der Waals surface area contributed by atoms with Crippen LogP contribution in [-0.2, 0) is 22.4 Å². The van der Waals surface area contributed by atoms with Gasteiger partial charge in [-0.05, 0) is 37.0 Å². The standard InChI is InChI=1S/C19H20N2O4S2/c1-25-19(24)21-17(23)16-13-8-5-9-14(13)27-18(16)20-15(22)10-11-26-12-6-3-2-4-7-12/h2-4,6-7H,5,8-11H2,1H3,(H,20,22)(H,21,23,24). The van der Waals surface area contributed by atoms with Gasteiger partial charge in [-0.3, -0.25) is 14.9 Å². The molecule has 1 aliphatic carbocycles. The average molecular weight is 405 g/mol. The lowest BCUT2D eigenvalue weighted by Crippen LogP contribution is -2.31. The summed E-state index contributed by atoms with van der Waals surface area (Å²) in [6, 6.07) is 9.88. The zero-order chi connectivity index (χ0) is 19.2. The van der Waals surface area contributed by atoms with Crippen LogP contribution >= 0.6 is 23.1 Å². The Morgan fingerprint density at radius 3 is 2.70 bits per heavy atom. The first-order chi connectivity index (χ1) is 13.1. The summed E-state index contributed by atoms with van der Waals surface area (Å²) >= 11 is 3.03. The molecule has 0 spiro atoms. The van der Waals surface area contributed by atoms with Crippen molar-refractivity contribution in [3.63, 3.8) is 0 Å². The Morgan fingerprint density at radius 2 is 1.96 bits per heavy atom. The number of rotatable bonds is 6. The summed E-state index contributed by atoms with van der Waals surface area (Å²) in [6.07, 6.45) is 2.16. The first kappa shape index (κ1) is 19.4. The molecule has 0 bridgehead atoms. The Morgan fingerprint density at radius 1 is 1.19 bits per heavy atom. The molecule has 1 heterocycles. The maximum atomic E-state index is 12.5. The SMILES string of the molecule is COC(=O)NC(=O)c1c(NC(=O)CCSc2ccccc2)sc2c1CCC2. The number of carbonyl (C=O) groups is 3. The second-order valence-corrected chi connectivity index (χ2v) is 8.24. The lowest BCUT2D eigenvalue weighted by molar-refractivity contribution is -0.115. The summed E-state index contributed by atoms with van der Waals surface area (Å²) in [4.78, 5) is 38.4. The molecule has 8 heteroatoms. The number of aryl methyl sites for hydroxylation is 1. The summed E-state index contributed by atoms with van der Waals surface area (Å²) < 4.78 is 4.50. The molecule has 0 unspecified atom stereocenters. The highest BCUT2D eigenvalue weighted by molar-refractivity contribution is 7.99. The van der Waals surface area contributed by atoms with Crippen LogP contribution in [0.5, 0.6) is 0 Å². The molecule has 0 atom stereocenters. The maximum absolute atomic E-state index is 12.5. The van der Waals surface area contributed by atoms with Gasteiger partial charge in [-0.15, -0.1) is 23.1 Å². The number of thioether (sulfide) groups is 1. The van der Waals surface area contributed by atoms with Crippen molar-refractivity contribution in [3.05, 3.63) is 46.3 Å². The Labute approximate surface area is 165 Å². The van der Waals surface area contributed by atoms with Crippen LogP contribution < -0.4 is 10.6 Å². The average Bonchev–Trinajstić information content (AvgIpc) is 3.23. The number of hydrogen-bond donors (Lipinski definition) is 2. The van der Waals surface area contributed by atoms with Crippen molar-refractivity contribution in [2.75, 3.05) is 18.2 Å². The number of benzene rings is 1.